The van der Waals surface area contributed by atoms with Gasteiger partial charge in [-0.05, 0) is 31.2 Å². The summed E-state index contributed by atoms with van der Waals surface area (Å²) in [5.41, 5.74) is 6.71. The summed E-state index contributed by atoms with van der Waals surface area (Å²) in [6.07, 6.45) is 0. The standard InChI is InChI=1S/C14H22ClFN2O/c1-4-18(10(2)9-19-3)14(8-17)11-5-6-12(15)13(16)7-11/h5-7,10,14H,4,8-9,17H2,1-3H3. The van der Waals surface area contributed by atoms with Crippen molar-refractivity contribution in [3.63, 3.8) is 0 Å². The second kappa shape index (κ2) is 7.80. The van der Waals surface area contributed by atoms with Gasteiger partial charge in [0.25, 0.3) is 0 Å². The SMILES string of the molecule is CCN(C(C)COC)C(CN)c1ccc(Cl)c(F)c1. The molecule has 0 saturated carbocycles. The van der Waals surface area contributed by atoms with E-state index in [-0.39, 0.29) is 17.1 Å². The van der Waals surface area contributed by atoms with Crippen molar-refractivity contribution in [1.29, 1.82) is 0 Å². The quantitative estimate of drug-likeness (QED) is 0.838. The van der Waals surface area contributed by atoms with Gasteiger partial charge in [0.15, 0.2) is 0 Å². The predicted molar refractivity (Wildman–Crippen MR) is 76.9 cm³/mol. The summed E-state index contributed by atoms with van der Waals surface area (Å²) in [7, 11) is 1.67. The zero-order valence-electron chi connectivity index (χ0n) is 11.7. The van der Waals surface area contributed by atoms with Crippen molar-refractivity contribution < 1.29 is 9.13 Å². The fourth-order valence-electron chi connectivity index (χ4n) is 2.36. The molecule has 1 rings (SSSR count). The van der Waals surface area contributed by atoms with E-state index < -0.39 is 5.82 Å². The average molecular weight is 289 g/mol. The lowest BCUT2D eigenvalue weighted by Crippen LogP contribution is -2.42. The van der Waals surface area contributed by atoms with Crippen LogP contribution < -0.4 is 5.73 Å². The van der Waals surface area contributed by atoms with Crippen LogP contribution >= 0.6 is 11.6 Å². The molecule has 0 fully saturated rings. The van der Waals surface area contributed by atoms with Gasteiger partial charge >= 0.3 is 0 Å². The van der Waals surface area contributed by atoms with Crippen LogP contribution in [0.25, 0.3) is 0 Å². The Morgan fingerprint density at radius 3 is 2.63 bits per heavy atom. The summed E-state index contributed by atoms with van der Waals surface area (Å²) in [5.74, 6) is -0.409. The highest BCUT2D eigenvalue weighted by atomic mass is 35.5. The summed E-state index contributed by atoms with van der Waals surface area (Å²) in [6, 6.07) is 5.03. The van der Waals surface area contributed by atoms with Crippen molar-refractivity contribution in [3.8, 4) is 0 Å². The molecular formula is C14H22ClFN2O. The molecule has 0 aliphatic rings. The smallest absolute Gasteiger partial charge is 0.142 e. The van der Waals surface area contributed by atoms with Crippen molar-refractivity contribution in [2.75, 3.05) is 26.8 Å². The normalized spacial score (nSPS) is 14.7. The largest absolute Gasteiger partial charge is 0.383 e. The fourth-order valence-corrected chi connectivity index (χ4v) is 2.48. The molecule has 1 aromatic rings. The zero-order valence-corrected chi connectivity index (χ0v) is 12.5. The minimum Gasteiger partial charge on any atom is -0.383 e. The maximum absolute atomic E-state index is 13.6. The second-order valence-corrected chi connectivity index (χ2v) is 4.97. The van der Waals surface area contributed by atoms with Crippen LogP contribution in [0.4, 0.5) is 4.39 Å². The molecule has 108 valence electrons. The molecule has 0 aliphatic heterocycles. The number of benzene rings is 1. The first-order valence-electron chi connectivity index (χ1n) is 6.44. The summed E-state index contributed by atoms with van der Waals surface area (Å²) < 4.78 is 18.8. The zero-order chi connectivity index (χ0) is 14.4. The molecule has 19 heavy (non-hydrogen) atoms. The van der Waals surface area contributed by atoms with Crippen LogP contribution in [0.1, 0.15) is 25.5 Å². The van der Waals surface area contributed by atoms with Crippen LogP contribution in [0.3, 0.4) is 0 Å². The first kappa shape index (κ1) is 16.4. The molecule has 0 bridgehead atoms. The third-order valence-electron chi connectivity index (χ3n) is 3.29. The second-order valence-electron chi connectivity index (χ2n) is 4.56. The molecule has 5 heteroatoms. The van der Waals surface area contributed by atoms with E-state index in [0.29, 0.717) is 13.2 Å². The van der Waals surface area contributed by atoms with E-state index >= 15 is 0 Å². The van der Waals surface area contributed by atoms with Gasteiger partial charge in [-0.1, -0.05) is 24.6 Å². The highest BCUT2D eigenvalue weighted by Crippen LogP contribution is 2.25. The summed E-state index contributed by atoms with van der Waals surface area (Å²) in [6.45, 7) is 5.98. The van der Waals surface area contributed by atoms with Gasteiger partial charge in [0.1, 0.15) is 5.82 Å². The molecule has 1 aromatic carbocycles. The number of nitrogens with two attached hydrogens (primary N) is 1. The molecule has 0 amide bonds. The topological polar surface area (TPSA) is 38.5 Å². The molecular weight excluding hydrogens is 267 g/mol. The molecule has 2 atom stereocenters. The van der Waals surface area contributed by atoms with Crippen LogP contribution in [0.5, 0.6) is 0 Å². The van der Waals surface area contributed by atoms with Gasteiger partial charge in [-0.2, -0.15) is 0 Å². The number of ether oxygens (including phenoxy) is 1. The van der Waals surface area contributed by atoms with E-state index in [2.05, 4.69) is 18.7 Å². The monoisotopic (exact) mass is 288 g/mol. The van der Waals surface area contributed by atoms with Crippen LogP contribution in [-0.4, -0.2) is 37.7 Å². The Bertz CT molecular complexity index is 403. The lowest BCUT2D eigenvalue weighted by atomic mass is 10.0. The number of halogens is 2. The molecule has 0 aliphatic carbocycles. The number of hydrogen-bond acceptors (Lipinski definition) is 3. The minimum absolute atomic E-state index is 0.0399. The van der Waals surface area contributed by atoms with E-state index in [4.69, 9.17) is 22.1 Å². The van der Waals surface area contributed by atoms with Crippen LogP contribution in [0.15, 0.2) is 18.2 Å². The van der Waals surface area contributed by atoms with Gasteiger partial charge in [-0.3, -0.25) is 4.90 Å². The Labute approximate surface area is 119 Å². The molecule has 0 radical (unpaired) electrons. The van der Waals surface area contributed by atoms with Crippen LogP contribution in [0.2, 0.25) is 5.02 Å². The predicted octanol–water partition coefficient (Wildman–Crippen LogP) is 2.84. The first-order chi connectivity index (χ1) is 9.04. The van der Waals surface area contributed by atoms with Gasteiger partial charge < -0.3 is 10.5 Å². The summed E-state index contributed by atoms with van der Waals surface area (Å²) in [4.78, 5) is 2.20. The number of rotatable bonds is 7. The Kier molecular flexibility index (Phi) is 6.72. The van der Waals surface area contributed by atoms with Crippen LogP contribution in [0, 0.1) is 5.82 Å². The van der Waals surface area contributed by atoms with Crippen molar-refractivity contribution >= 4 is 11.6 Å². The van der Waals surface area contributed by atoms with E-state index in [1.54, 1.807) is 13.2 Å². The molecule has 0 aromatic heterocycles. The summed E-state index contributed by atoms with van der Waals surface area (Å²) in [5, 5.41) is 0.132. The van der Waals surface area contributed by atoms with E-state index in [1.807, 2.05) is 6.07 Å². The van der Waals surface area contributed by atoms with E-state index in [0.717, 1.165) is 12.1 Å². The van der Waals surface area contributed by atoms with Gasteiger partial charge in [-0.15, -0.1) is 0 Å². The molecule has 0 heterocycles. The average Bonchev–Trinajstić information content (AvgIpc) is 2.39. The lowest BCUT2D eigenvalue weighted by Gasteiger charge is -2.35. The van der Waals surface area contributed by atoms with Crippen molar-refractivity contribution in [1.82, 2.24) is 4.90 Å². The molecule has 2 N–H and O–H groups in total. The third kappa shape index (κ3) is 4.14. The Morgan fingerprint density at radius 1 is 1.47 bits per heavy atom. The molecule has 0 spiro atoms. The van der Waals surface area contributed by atoms with E-state index in [9.17, 15) is 4.39 Å². The van der Waals surface area contributed by atoms with Gasteiger partial charge in [0.05, 0.1) is 11.6 Å². The maximum Gasteiger partial charge on any atom is 0.142 e. The number of hydrogen-bond donors (Lipinski definition) is 1. The number of methoxy groups -OCH3 is 1. The molecule has 0 saturated heterocycles. The van der Waals surface area contributed by atoms with Crippen molar-refractivity contribution in [3.05, 3.63) is 34.6 Å². The molecule has 2 unspecified atom stereocenters. The fraction of sp³-hybridized carbons (Fsp3) is 0.571. The minimum atomic E-state index is -0.409. The highest BCUT2D eigenvalue weighted by Gasteiger charge is 2.23. The molecule has 3 nitrogen and oxygen atoms in total. The number of nitrogens with zero attached hydrogens (tertiary/aromatic N) is 1. The highest BCUT2D eigenvalue weighted by molar-refractivity contribution is 6.30. The van der Waals surface area contributed by atoms with Crippen molar-refractivity contribution in [2.24, 2.45) is 5.73 Å². The Hall–Kier alpha value is -0.680. The third-order valence-corrected chi connectivity index (χ3v) is 3.60. The van der Waals surface area contributed by atoms with Gasteiger partial charge in [0.2, 0.25) is 0 Å². The van der Waals surface area contributed by atoms with Crippen molar-refractivity contribution in [2.45, 2.75) is 25.9 Å². The Morgan fingerprint density at radius 2 is 2.16 bits per heavy atom. The lowest BCUT2D eigenvalue weighted by molar-refractivity contribution is 0.0750. The van der Waals surface area contributed by atoms with Crippen LogP contribution in [-0.2, 0) is 4.74 Å². The first-order valence-corrected chi connectivity index (χ1v) is 6.82. The summed E-state index contributed by atoms with van der Waals surface area (Å²) >= 11 is 5.71. The Balaban J connectivity index is 2.99. The number of likely N-dealkylation sites (N-methyl/N-ethyl adjacent to an activating group) is 1. The van der Waals surface area contributed by atoms with E-state index in [1.165, 1.54) is 6.07 Å². The maximum atomic E-state index is 13.6. The van der Waals surface area contributed by atoms with Gasteiger partial charge in [-0.25, -0.2) is 4.39 Å². The van der Waals surface area contributed by atoms with Gasteiger partial charge in [0, 0.05) is 25.7 Å².